The summed E-state index contributed by atoms with van der Waals surface area (Å²) in [6.45, 7) is 4.58. The maximum absolute atomic E-state index is 12.8. The van der Waals surface area contributed by atoms with Crippen molar-refractivity contribution in [2.24, 2.45) is 0 Å². The van der Waals surface area contributed by atoms with Crippen molar-refractivity contribution in [1.29, 1.82) is 0 Å². The van der Waals surface area contributed by atoms with Crippen LogP contribution < -0.4 is 0 Å². The van der Waals surface area contributed by atoms with Gasteiger partial charge in [0.05, 0.1) is 34.4 Å². The normalized spacial score (nSPS) is 13.6. The first kappa shape index (κ1) is 61.5. The molecule has 0 spiro atoms. The van der Waals surface area contributed by atoms with E-state index in [4.69, 9.17) is 14.2 Å². The summed E-state index contributed by atoms with van der Waals surface area (Å²) >= 11 is 0. The van der Waals surface area contributed by atoms with E-state index in [0.717, 1.165) is 83.5 Å². The summed E-state index contributed by atoms with van der Waals surface area (Å²) in [7, 11) is 5.53. The fourth-order valence-electron chi connectivity index (χ4n) is 7.29. The van der Waals surface area contributed by atoms with Crippen LogP contribution in [0.3, 0.4) is 0 Å². The van der Waals surface area contributed by atoms with Crippen LogP contribution in [0.1, 0.15) is 206 Å². The molecule has 0 aromatic carbocycles. The van der Waals surface area contributed by atoms with Gasteiger partial charge in [-0.15, -0.1) is 0 Å². The van der Waals surface area contributed by atoms with Crippen LogP contribution >= 0.6 is 0 Å². The summed E-state index contributed by atoms with van der Waals surface area (Å²) in [6.07, 6.45) is 62.0. The molecule has 1 N–H and O–H groups in total. The minimum absolute atomic E-state index is 0.0510. The average Bonchev–Trinajstić information content (AvgIpc) is 3.27. The first-order valence-electron chi connectivity index (χ1n) is 26.1. The molecule has 0 aromatic rings. The van der Waals surface area contributed by atoms with Crippen LogP contribution in [0, 0.1) is 0 Å². The number of likely N-dealkylation sites (N-methyl/N-ethyl adjacent to an activating group) is 1. The van der Waals surface area contributed by atoms with E-state index in [-0.39, 0.29) is 36.2 Å². The number of nitrogens with zero attached hydrogens (tertiary/aromatic N) is 1. The van der Waals surface area contributed by atoms with E-state index in [1.54, 1.807) is 0 Å². The molecule has 0 aliphatic heterocycles. The molecule has 0 saturated heterocycles. The molecule has 2 atom stereocenters. The van der Waals surface area contributed by atoms with Crippen LogP contribution in [0.25, 0.3) is 0 Å². The molecule has 0 amide bonds. The first-order valence-corrected chi connectivity index (χ1v) is 26.1. The van der Waals surface area contributed by atoms with Crippen molar-refractivity contribution in [3.05, 3.63) is 85.1 Å². The standard InChI is InChI=1S/C57H97NO7/c1-6-8-10-12-14-16-18-20-22-24-26-27-28-30-31-33-35-37-39-41-43-45-47-55(59)64-52-53(51-63-50-49-54(57(61)62)58(3,4)5)65-56(60)48-46-44-42-40-38-36-34-32-29-25-23-21-19-17-15-13-11-9-7-2/h8,10,14-17,19-22,26-27,30-31,53-54H,6-7,9,11-13,18,23-25,28-29,32-52H2,1-5H3/p+1/b10-8+,16-14+,17-15+,21-19+,22-20+,27-26+,31-30+. The minimum Gasteiger partial charge on any atom is -0.477 e. The number of ether oxygens (including phenoxy) is 3. The number of hydrogen-bond donors (Lipinski definition) is 1. The molecule has 8 heteroatoms. The zero-order valence-electron chi connectivity index (χ0n) is 42.4. The summed E-state index contributed by atoms with van der Waals surface area (Å²) < 4.78 is 17.4. The molecule has 0 heterocycles. The Morgan fingerprint density at radius 2 is 0.908 bits per heavy atom. The zero-order valence-corrected chi connectivity index (χ0v) is 42.4. The lowest BCUT2D eigenvalue weighted by atomic mass is 10.1. The SMILES string of the molecule is CC/C=C/C/C=C/C/C=C/C/C=C/C/C=C/CCCCCCCCC(=O)OCC(COCCC(C(=O)O)[N+](C)(C)C)OC(=O)CCCCCCCCCCCC/C=C/C=C/CCCCC. The van der Waals surface area contributed by atoms with Gasteiger partial charge in [0.1, 0.15) is 6.61 Å². The fraction of sp³-hybridized carbons (Fsp3) is 0.702. The second-order valence-electron chi connectivity index (χ2n) is 18.4. The van der Waals surface area contributed by atoms with Gasteiger partial charge in [-0.25, -0.2) is 4.79 Å². The quantitative estimate of drug-likeness (QED) is 0.0213. The maximum atomic E-state index is 12.8. The second kappa shape index (κ2) is 47.0. The number of carboxylic acid groups (broad SMARTS) is 1. The topological polar surface area (TPSA) is 99.1 Å². The number of allylic oxidation sites excluding steroid dienone is 14. The Morgan fingerprint density at radius 3 is 1.37 bits per heavy atom. The molecule has 0 fully saturated rings. The average molecular weight is 909 g/mol. The Kier molecular flexibility index (Phi) is 44.5. The number of carbonyl (C=O) groups excluding carboxylic acids is 2. The Bertz CT molecular complexity index is 1330. The lowest BCUT2D eigenvalue weighted by Gasteiger charge is -2.31. The highest BCUT2D eigenvalue weighted by Gasteiger charge is 2.31. The molecule has 0 rings (SSSR count). The lowest BCUT2D eigenvalue weighted by molar-refractivity contribution is -0.887. The minimum atomic E-state index is -0.880. The third-order valence-corrected chi connectivity index (χ3v) is 11.3. The van der Waals surface area contributed by atoms with Gasteiger partial charge in [0.2, 0.25) is 0 Å². The van der Waals surface area contributed by atoms with Gasteiger partial charge in [-0.2, -0.15) is 0 Å². The number of rotatable bonds is 46. The number of quaternary nitrogens is 1. The highest BCUT2D eigenvalue weighted by Crippen LogP contribution is 2.15. The smallest absolute Gasteiger partial charge is 0.362 e. The second-order valence-corrected chi connectivity index (χ2v) is 18.4. The van der Waals surface area contributed by atoms with Crippen molar-refractivity contribution in [2.75, 3.05) is 41.0 Å². The van der Waals surface area contributed by atoms with Crippen molar-refractivity contribution >= 4 is 17.9 Å². The molecule has 8 nitrogen and oxygen atoms in total. The Labute approximate surface area is 399 Å². The summed E-state index contributed by atoms with van der Waals surface area (Å²) in [5, 5.41) is 9.66. The van der Waals surface area contributed by atoms with E-state index in [1.165, 1.54) is 89.9 Å². The molecule has 65 heavy (non-hydrogen) atoms. The van der Waals surface area contributed by atoms with Gasteiger partial charge < -0.3 is 23.8 Å². The number of aliphatic carboxylic acids is 1. The molecule has 372 valence electrons. The van der Waals surface area contributed by atoms with Crippen molar-refractivity contribution in [1.82, 2.24) is 0 Å². The van der Waals surface area contributed by atoms with Crippen LogP contribution in [0.5, 0.6) is 0 Å². The zero-order chi connectivity index (χ0) is 47.7. The van der Waals surface area contributed by atoms with Gasteiger partial charge in [-0.05, 0) is 83.5 Å². The van der Waals surface area contributed by atoms with Crippen molar-refractivity contribution in [2.45, 2.75) is 219 Å². The Morgan fingerprint density at radius 1 is 0.492 bits per heavy atom. The summed E-state index contributed by atoms with van der Waals surface area (Å²) in [5.41, 5.74) is 0. The van der Waals surface area contributed by atoms with Crippen LogP contribution in [0.2, 0.25) is 0 Å². The van der Waals surface area contributed by atoms with E-state index in [2.05, 4.69) is 98.9 Å². The molecule has 0 aromatic heterocycles. The third kappa shape index (κ3) is 45.5. The molecular weight excluding hydrogens is 811 g/mol. The van der Waals surface area contributed by atoms with Gasteiger partial charge in [0.15, 0.2) is 12.1 Å². The van der Waals surface area contributed by atoms with E-state index in [9.17, 15) is 19.5 Å². The van der Waals surface area contributed by atoms with Gasteiger partial charge in [-0.3, -0.25) is 9.59 Å². The first-order chi connectivity index (χ1) is 31.6. The summed E-state index contributed by atoms with van der Waals surface area (Å²) in [5.74, 6) is -1.49. The van der Waals surface area contributed by atoms with E-state index >= 15 is 0 Å². The van der Waals surface area contributed by atoms with Gasteiger partial charge in [0, 0.05) is 19.3 Å². The van der Waals surface area contributed by atoms with Gasteiger partial charge in [-0.1, -0.05) is 189 Å². The van der Waals surface area contributed by atoms with Crippen LogP contribution in [-0.2, 0) is 28.6 Å². The molecule has 0 aliphatic rings. The fourth-order valence-corrected chi connectivity index (χ4v) is 7.29. The third-order valence-electron chi connectivity index (χ3n) is 11.3. The molecule has 2 unspecified atom stereocenters. The van der Waals surface area contributed by atoms with Crippen molar-refractivity contribution in [3.8, 4) is 0 Å². The number of carbonyl (C=O) groups is 3. The largest absolute Gasteiger partial charge is 0.477 e. The Balaban J connectivity index is 4.28. The summed E-state index contributed by atoms with van der Waals surface area (Å²) in [4.78, 5) is 37.2. The van der Waals surface area contributed by atoms with E-state index in [1.807, 2.05) is 21.1 Å². The highest BCUT2D eigenvalue weighted by atomic mass is 16.6. The lowest BCUT2D eigenvalue weighted by Crippen LogP contribution is -2.50. The number of esters is 2. The van der Waals surface area contributed by atoms with Gasteiger partial charge in [0.25, 0.3) is 0 Å². The molecule has 0 aliphatic carbocycles. The van der Waals surface area contributed by atoms with Gasteiger partial charge >= 0.3 is 17.9 Å². The highest BCUT2D eigenvalue weighted by molar-refractivity contribution is 5.72. The molecule has 0 bridgehead atoms. The Hall–Kier alpha value is -3.49. The maximum Gasteiger partial charge on any atom is 0.362 e. The van der Waals surface area contributed by atoms with Crippen LogP contribution in [0.4, 0.5) is 0 Å². The molecule has 0 saturated carbocycles. The molecule has 0 radical (unpaired) electrons. The van der Waals surface area contributed by atoms with E-state index < -0.39 is 18.1 Å². The van der Waals surface area contributed by atoms with Crippen LogP contribution in [0.15, 0.2) is 85.1 Å². The summed E-state index contributed by atoms with van der Waals surface area (Å²) in [6, 6.07) is -0.622. The van der Waals surface area contributed by atoms with Crippen molar-refractivity contribution in [3.63, 3.8) is 0 Å². The monoisotopic (exact) mass is 909 g/mol. The predicted molar refractivity (Wildman–Crippen MR) is 275 cm³/mol. The predicted octanol–water partition coefficient (Wildman–Crippen LogP) is 15.3. The van der Waals surface area contributed by atoms with Crippen molar-refractivity contribution < 1.29 is 38.2 Å². The number of carboxylic acids is 1. The number of hydrogen-bond acceptors (Lipinski definition) is 6. The van der Waals surface area contributed by atoms with Crippen LogP contribution in [-0.4, -0.2) is 80.6 Å². The van der Waals surface area contributed by atoms with E-state index in [0.29, 0.717) is 19.3 Å². The number of unbranched alkanes of at least 4 members (excludes halogenated alkanes) is 19. The molecular formula is C57H98NO7+.